The van der Waals surface area contributed by atoms with E-state index in [4.69, 9.17) is 4.74 Å². The summed E-state index contributed by atoms with van der Waals surface area (Å²) in [4.78, 5) is 27.3. The summed E-state index contributed by atoms with van der Waals surface area (Å²) in [5.41, 5.74) is -0.207. The first-order valence-electron chi connectivity index (χ1n) is 9.52. The van der Waals surface area contributed by atoms with Crippen LogP contribution in [0.2, 0.25) is 0 Å². The molecule has 1 aliphatic rings. The summed E-state index contributed by atoms with van der Waals surface area (Å²) in [6.07, 6.45) is 2.46. The maximum absolute atomic E-state index is 13.0. The molecule has 0 aliphatic carbocycles. The van der Waals surface area contributed by atoms with Crippen molar-refractivity contribution in [3.63, 3.8) is 0 Å². The number of hydrogen-bond donors (Lipinski definition) is 0. The Labute approximate surface area is 174 Å². The van der Waals surface area contributed by atoms with Gasteiger partial charge in [0.1, 0.15) is 17.5 Å². The van der Waals surface area contributed by atoms with Gasteiger partial charge < -0.3 is 9.64 Å². The Morgan fingerprint density at radius 1 is 1.10 bits per heavy atom. The zero-order valence-corrected chi connectivity index (χ0v) is 16.4. The minimum Gasteiger partial charge on any atom is -0.471 e. The summed E-state index contributed by atoms with van der Waals surface area (Å²) in [6, 6.07) is 2.96. The van der Waals surface area contributed by atoms with E-state index in [1.165, 1.54) is 23.4 Å². The van der Waals surface area contributed by atoms with Crippen LogP contribution in [-0.2, 0) is 6.18 Å². The quantitative estimate of drug-likeness (QED) is 0.624. The Morgan fingerprint density at radius 3 is 2.48 bits per heavy atom. The van der Waals surface area contributed by atoms with E-state index in [0.29, 0.717) is 31.3 Å². The van der Waals surface area contributed by atoms with E-state index in [-0.39, 0.29) is 23.5 Å². The number of halogens is 3. The van der Waals surface area contributed by atoms with Crippen LogP contribution in [0.3, 0.4) is 0 Å². The monoisotopic (exact) mass is 433 g/mol. The number of alkyl halides is 3. The molecule has 1 amide bonds. The third-order valence-corrected chi connectivity index (χ3v) is 4.99. The number of amides is 1. The van der Waals surface area contributed by atoms with Crippen molar-refractivity contribution in [2.75, 3.05) is 6.54 Å². The van der Waals surface area contributed by atoms with Crippen LogP contribution in [0, 0.1) is 0 Å². The zero-order valence-electron chi connectivity index (χ0n) is 16.4. The average Bonchev–Trinajstić information content (AvgIpc) is 3.30. The van der Waals surface area contributed by atoms with E-state index in [1.54, 1.807) is 17.0 Å². The van der Waals surface area contributed by atoms with E-state index < -0.39 is 18.0 Å². The van der Waals surface area contributed by atoms with Crippen molar-refractivity contribution in [1.29, 1.82) is 0 Å². The molecule has 1 fully saturated rings. The lowest BCUT2D eigenvalue weighted by Crippen LogP contribution is -2.51. The molecule has 31 heavy (non-hydrogen) atoms. The summed E-state index contributed by atoms with van der Waals surface area (Å²) in [5, 5.41) is 8.02. The third-order valence-electron chi connectivity index (χ3n) is 4.99. The molecule has 1 aliphatic heterocycles. The van der Waals surface area contributed by atoms with Gasteiger partial charge in [-0.15, -0.1) is 0 Å². The number of nitrogens with zero attached hydrogens (tertiary/aromatic N) is 7. The Kier molecular flexibility index (Phi) is 5.53. The van der Waals surface area contributed by atoms with Crippen LogP contribution in [0.15, 0.2) is 43.1 Å². The molecule has 4 heterocycles. The normalized spacial score (nSPS) is 19.3. The van der Waals surface area contributed by atoms with Crippen molar-refractivity contribution >= 4 is 5.91 Å². The number of aromatic nitrogens is 6. The summed E-state index contributed by atoms with van der Waals surface area (Å²) >= 11 is 0. The van der Waals surface area contributed by atoms with Crippen LogP contribution in [0.4, 0.5) is 13.2 Å². The van der Waals surface area contributed by atoms with Gasteiger partial charge >= 0.3 is 6.18 Å². The second kappa shape index (κ2) is 8.28. The molecule has 0 bridgehead atoms. The van der Waals surface area contributed by atoms with E-state index in [0.717, 1.165) is 6.20 Å². The molecule has 0 N–H and O–H groups in total. The standard InChI is InChI=1S/C19H18F3N7O2/c1-12-15(31-17-11-24-16(10-25-17)19(20,21)22)3-2-8-28(12)18(30)14-5-4-13(9-23-14)29-26-6-7-27-29/h4-7,9-12,15H,2-3,8H2,1H3/t12-,15+/m0/s1. The molecular formula is C19H18F3N7O2. The molecule has 3 aromatic rings. The van der Waals surface area contributed by atoms with Crippen LogP contribution in [0.1, 0.15) is 35.9 Å². The Balaban J connectivity index is 1.44. The second-order valence-electron chi connectivity index (χ2n) is 7.00. The average molecular weight is 433 g/mol. The highest BCUT2D eigenvalue weighted by molar-refractivity contribution is 5.92. The smallest absolute Gasteiger partial charge is 0.434 e. The van der Waals surface area contributed by atoms with Crippen molar-refractivity contribution in [2.24, 2.45) is 0 Å². The van der Waals surface area contributed by atoms with Gasteiger partial charge in [0.25, 0.3) is 5.91 Å². The van der Waals surface area contributed by atoms with Crippen molar-refractivity contribution in [1.82, 2.24) is 34.8 Å². The van der Waals surface area contributed by atoms with Crippen molar-refractivity contribution in [3.8, 4) is 11.6 Å². The summed E-state index contributed by atoms with van der Waals surface area (Å²) < 4.78 is 43.7. The predicted molar refractivity (Wildman–Crippen MR) is 100 cm³/mol. The number of rotatable bonds is 4. The number of piperidine rings is 1. The molecule has 0 saturated carbocycles. The van der Waals surface area contributed by atoms with Gasteiger partial charge in [-0.2, -0.15) is 28.2 Å². The lowest BCUT2D eigenvalue weighted by Gasteiger charge is -2.38. The van der Waals surface area contributed by atoms with Crippen LogP contribution in [0.25, 0.3) is 5.69 Å². The number of carbonyl (C=O) groups excluding carboxylic acids is 1. The second-order valence-corrected chi connectivity index (χ2v) is 7.00. The zero-order chi connectivity index (χ0) is 22.0. The molecule has 4 rings (SSSR count). The van der Waals surface area contributed by atoms with E-state index in [9.17, 15) is 18.0 Å². The Morgan fingerprint density at radius 2 is 1.87 bits per heavy atom. The van der Waals surface area contributed by atoms with Crippen molar-refractivity contribution < 1.29 is 22.7 Å². The molecule has 0 spiro atoms. The molecule has 9 nitrogen and oxygen atoms in total. The van der Waals surface area contributed by atoms with Crippen molar-refractivity contribution in [3.05, 3.63) is 54.5 Å². The minimum atomic E-state index is -4.57. The van der Waals surface area contributed by atoms with Gasteiger partial charge in [-0.25, -0.2) is 15.0 Å². The summed E-state index contributed by atoms with van der Waals surface area (Å²) in [7, 11) is 0. The molecule has 3 aromatic heterocycles. The lowest BCUT2D eigenvalue weighted by atomic mass is 9.99. The Hall–Kier alpha value is -3.57. The highest BCUT2D eigenvalue weighted by Crippen LogP contribution is 2.28. The van der Waals surface area contributed by atoms with E-state index >= 15 is 0 Å². The molecule has 162 valence electrons. The molecule has 0 radical (unpaired) electrons. The fraction of sp³-hybridized carbons (Fsp3) is 0.368. The SMILES string of the molecule is C[C@H]1[C@H](Oc2cnc(C(F)(F)F)cn2)CCCN1C(=O)c1ccc(-n2nccn2)cn1. The first-order chi connectivity index (χ1) is 14.8. The molecule has 0 aromatic carbocycles. The number of pyridine rings is 1. The largest absolute Gasteiger partial charge is 0.471 e. The van der Waals surface area contributed by atoms with E-state index in [2.05, 4.69) is 25.1 Å². The molecular weight excluding hydrogens is 415 g/mol. The summed E-state index contributed by atoms with van der Waals surface area (Å²) in [6.45, 7) is 2.34. The van der Waals surface area contributed by atoms with Crippen LogP contribution in [0.5, 0.6) is 5.88 Å². The third kappa shape index (κ3) is 4.47. The van der Waals surface area contributed by atoms with Crippen LogP contribution >= 0.6 is 0 Å². The van der Waals surface area contributed by atoms with Gasteiger partial charge in [0, 0.05) is 6.54 Å². The summed E-state index contributed by atoms with van der Waals surface area (Å²) in [5.74, 6) is -0.285. The number of ether oxygens (including phenoxy) is 1. The van der Waals surface area contributed by atoms with Gasteiger partial charge in [-0.05, 0) is 31.9 Å². The number of likely N-dealkylation sites (tertiary alicyclic amines) is 1. The van der Waals surface area contributed by atoms with Crippen LogP contribution < -0.4 is 4.74 Å². The minimum absolute atomic E-state index is 0.0200. The maximum Gasteiger partial charge on any atom is 0.434 e. The van der Waals surface area contributed by atoms with Gasteiger partial charge in [0.05, 0.1) is 37.0 Å². The van der Waals surface area contributed by atoms with Crippen LogP contribution in [-0.4, -0.2) is 59.4 Å². The van der Waals surface area contributed by atoms with Gasteiger partial charge in [-0.1, -0.05) is 0 Å². The molecule has 0 unspecified atom stereocenters. The highest BCUT2D eigenvalue weighted by Gasteiger charge is 2.35. The fourth-order valence-corrected chi connectivity index (χ4v) is 3.36. The van der Waals surface area contributed by atoms with Crippen molar-refractivity contribution in [2.45, 2.75) is 38.1 Å². The lowest BCUT2D eigenvalue weighted by molar-refractivity contribution is -0.141. The van der Waals surface area contributed by atoms with Gasteiger partial charge in [0.2, 0.25) is 5.88 Å². The number of hydrogen-bond acceptors (Lipinski definition) is 7. The topological polar surface area (TPSA) is 98.9 Å². The highest BCUT2D eigenvalue weighted by atomic mass is 19.4. The maximum atomic E-state index is 13.0. The van der Waals surface area contributed by atoms with Gasteiger partial charge in [0.15, 0.2) is 5.69 Å². The predicted octanol–water partition coefficient (Wildman–Crippen LogP) is 2.54. The fourth-order valence-electron chi connectivity index (χ4n) is 3.36. The molecule has 12 heteroatoms. The first-order valence-corrected chi connectivity index (χ1v) is 9.52. The van der Waals surface area contributed by atoms with Gasteiger partial charge in [-0.3, -0.25) is 4.79 Å². The number of carbonyl (C=O) groups is 1. The van der Waals surface area contributed by atoms with E-state index in [1.807, 2.05) is 6.92 Å². The molecule has 2 atom stereocenters. The first kappa shape index (κ1) is 20.7. The molecule has 1 saturated heterocycles. The Bertz CT molecular complexity index is 1020.